The summed E-state index contributed by atoms with van der Waals surface area (Å²) in [6.45, 7) is 0. The average Bonchev–Trinajstić information content (AvgIpc) is 2.42. The normalized spacial score (nSPS) is 11.3. The minimum atomic E-state index is -4.43. The molecule has 0 atom stereocenters. The lowest BCUT2D eigenvalue weighted by molar-refractivity contribution is -0.137. The second-order valence-electron chi connectivity index (χ2n) is 3.96. The van der Waals surface area contributed by atoms with Crippen LogP contribution in [0.25, 0.3) is 0 Å². The molecule has 1 aromatic heterocycles. The zero-order chi connectivity index (χ0) is 15.6. The van der Waals surface area contributed by atoms with Gasteiger partial charge in [-0.2, -0.15) is 18.2 Å². The summed E-state index contributed by atoms with van der Waals surface area (Å²) in [7, 11) is 1.62. The van der Waals surface area contributed by atoms with E-state index >= 15 is 0 Å². The van der Waals surface area contributed by atoms with Crippen molar-refractivity contribution in [1.82, 2.24) is 9.97 Å². The Balaban J connectivity index is 2.39. The van der Waals surface area contributed by atoms with Gasteiger partial charge in [-0.15, -0.1) is 0 Å². The highest BCUT2D eigenvalue weighted by Crippen LogP contribution is 2.35. The molecule has 0 amide bonds. The molecule has 1 heterocycles. The summed E-state index contributed by atoms with van der Waals surface area (Å²) < 4.78 is 38.6. The van der Waals surface area contributed by atoms with Crippen molar-refractivity contribution in [3.63, 3.8) is 0 Å². The molecule has 0 spiro atoms. The Bertz CT molecular complexity index is 663. The maximum Gasteiger partial charge on any atom is 0.416 e. The van der Waals surface area contributed by atoms with Crippen LogP contribution in [0.2, 0.25) is 5.02 Å². The second kappa shape index (κ2) is 6.07. The minimum Gasteiger partial charge on any atom is -0.357 e. The first-order valence-electron chi connectivity index (χ1n) is 5.65. The number of hydrogen-bond acceptors (Lipinski definition) is 4. The smallest absolute Gasteiger partial charge is 0.357 e. The first-order chi connectivity index (χ1) is 9.81. The van der Waals surface area contributed by atoms with Crippen LogP contribution in [0.5, 0.6) is 0 Å². The quantitative estimate of drug-likeness (QED) is 0.809. The van der Waals surface area contributed by atoms with Crippen molar-refractivity contribution in [2.45, 2.75) is 6.18 Å². The number of hydrogen-bond donors (Lipinski definition) is 2. The second-order valence-corrected chi connectivity index (χ2v) is 5.22. The molecule has 4 nitrogen and oxygen atoms in total. The highest BCUT2D eigenvalue weighted by atomic mass is 79.9. The van der Waals surface area contributed by atoms with Crippen molar-refractivity contribution in [3.8, 4) is 0 Å². The highest BCUT2D eigenvalue weighted by Gasteiger charge is 2.31. The predicted octanol–water partition coefficient (Wildman–Crippen LogP) is 4.70. The van der Waals surface area contributed by atoms with E-state index in [0.717, 1.165) is 12.1 Å². The Morgan fingerprint density at radius 3 is 2.62 bits per heavy atom. The number of nitrogens with one attached hydrogen (secondary N) is 2. The van der Waals surface area contributed by atoms with Gasteiger partial charge in [0, 0.05) is 11.5 Å². The molecule has 0 aliphatic rings. The molecule has 0 saturated heterocycles. The summed E-state index contributed by atoms with van der Waals surface area (Å²) in [5, 5.41) is 5.67. The summed E-state index contributed by atoms with van der Waals surface area (Å²) in [6.07, 6.45) is -3.08. The van der Waals surface area contributed by atoms with E-state index in [4.69, 9.17) is 11.6 Å². The van der Waals surface area contributed by atoms with Gasteiger partial charge in [0.15, 0.2) is 5.82 Å². The van der Waals surface area contributed by atoms with E-state index in [1.807, 2.05) is 0 Å². The van der Waals surface area contributed by atoms with Crippen LogP contribution in [0.15, 0.2) is 28.9 Å². The zero-order valence-corrected chi connectivity index (χ0v) is 12.9. The average molecular weight is 382 g/mol. The topological polar surface area (TPSA) is 49.8 Å². The summed E-state index contributed by atoms with van der Waals surface area (Å²) in [4.78, 5) is 7.94. The van der Waals surface area contributed by atoms with Crippen LogP contribution in [-0.4, -0.2) is 17.0 Å². The van der Waals surface area contributed by atoms with Crippen LogP contribution >= 0.6 is 27.5 Å². The maximum atomic E-state index is 12.7. The van der Waals surface area contributed by atoms with Crippen LogP contribution < -0.4 is 10.6 Å². The number of aromatic nitrogens is 2. The van der Waals surface area contributed by atoms with Crippen LogP contribution in [0.3, 0.4) is 0 Å². The minimum absolute atomic E-state index is 0.193. The fourth-order valence-corrected chi connectivity index (χ4v) is 1.98. The predicted molar refractivity (Wildman–Crippen MR) is 79.0 cm³/mol. The van der Waals surface area contributed by atoms with Crippen molar-refractivity contribution >= 4 is 45.0 Å². The van der Waals surface area contributed by atoms with Gasteiger partial charge in [-0.1, -0.05) is 11.6 Å². The third-order valence-electron chi connectivity index (χ3n) is 2.51. The van der Waals surface area contributed by atoms with E-state index in [1.165, 1.54) is 12.3 Å². The van der Waals surface area contributed by atoms with E-state index in [1.54, 1.807) is 7.05 Å². The Morgan fingerprint density at radius 1 is 1.29 bits per heavy atom. The lowest BCUT2D eigenvalue weighted by Crippen LogP contribution is -2.06. The van der Waals surface area contributed by atoms with Gasteiger partial charge in [0.25, 0.3) is 0 Å². The van der Waals surface area contributed by atoms with Gasteiger partial charge in [-0.3, -0.25) is 0 Å². The number of halogens is 5. The number of nitrogens with zero attached hydrogens (tertiary/aromatic N) is 2. The third-order valence-corrected chi connectivity index (χ3v) is 3.48. The summed E-state index contributed by atoms with van der Waals surface area (Å²) in [6, 6.07) is 3.26. The Kier molecular flexibility index (Phi) is 4.58. The molecule has 0 unspecified atom stereocenters. The Morgan fingerprint density at radius 2 is 2.00 bits per heavy atom. The van der Waals surface area contributed by atoms with Crippen LogP contribution in [0.4, 0.5) is 30.6 Å². The van der Waals surface area contributed by atoms with E-state index in [2.05, 4.69) is 36.5 Å². The van der Waals surface area contributed by atoms with Crippen LogP contribution in [0, 0.1) is 0 Å². The molecule has 2 N–H and O–H groups in total. The van der Waals surface area contributed by atoms with Crippen LogP contribution in [-0.2, 0) is 6.18 Å². The molecule has 0 bridgehead atoms. The summed E-state index contributed by atoms with van der Waals surface area (Å²) in [5.74, 6) is 0.501. The van der Waals surface area contributed by atoms with Crippen molar-refractivity contribution < 1.29 is 13.2 Å². The molecule has 21 heavy (non-hydrogen) atoms. The lowest BCUT2D eigenvalue weighted by atomic mass is 10.2. The fourth-order valence-electron chi connectivity index (χ4n) is 1.50. The number of rotatable bonds is 3. The SMILES string of the molecule is CNc1ncc(Cl)c(Nc2cc(C(F)(F)F)ccc2Br)n1. The van der Waals surface area contributed by atoms with Crippen molar-refractivity contribution in [2.24, 2.45) is 0 Å². The highest BCUT2D eigenvalue weighted by molar-refractivity contribution is 9.10. The first-order valence-corrected chi connectivity index (χ1v) is 6.82. The molecule has 112 valence electrons. The molecule has 0 radical (unpaired) electrons. The van der Waals surface area contributed by atoms with Crippen LogP contribution in [0.1, 0.15) is 5.56 Å². The molecule has 2 rings (SSSR count). The zero-order valence-electron chi connectivity index (χ0n) is 10.6. The van der Waals surface area contributed by atoms with Crippen molar-refractivity contribution in [2.75, 3.05) is 17.7 Å². The molecule has 0 aliphatic carbocycles. The largest absolute Gasteiger partial charge is 0.416 e. The van der Waals surface area contributed by atoms with Gasteiger partial charge in [-0.25, -0.2) is 4.98 Å². The number of alkyl halides is 3. The molecular formula is C12H9BrClF3N4. The molecular weight excluding hydrogens is 373 g/mol. The fraction of sp³-hybridized carbons (Fsp3) is 0.167. The molecule has 1 aromatic carbocycles. The molecule has 2 aromatic rings. The van der Waals surface area contributed by atoms with Gasteiger partial charge in [-0.05, 0) is 34.1 Å². The molecule has 0 saturated carbocycles. The lowest BCUT2D eigenvalue weighted by Gasteiger charge is -2.13. The van der Waals surface area contributed by atoms with Crippen molar-refractivity contribution in [1.29, 1.82) is 0 Å². The Labute approximate surface area is 131 Å². The summed E-state index contributed by atoms with van der Waals surface area (Å²) >= 11 is 9.12. The van der Waals surface area contributed by atoms with E-state index in [0.29, 0.717) is 10.4 Å². The molecule has 0 aliphatic heterocycles. The van der Waals surface area contributed by atoms with Gasteiger partial charge in [0.1, 0.15) is 5.02 Å². The maximum absolute atomic E-state index is 12.7. The Hall–Kier alpha value is -1.54. The van der Waals surface area contributed by atoms with Gasteiger partial charge >= 0.3 is 6.18 Å². The monoisotopic (exact) mass is 380 g/mol. The van der Waals surface area contributed by atoms with E-state index < -0.39 is 11.7 Å². The van der Waals surface area contributed by atoms with Gasteiger partial charge in [0.2, 0.25) is 5.95 Å². The number of anilines is 3. The third kappa shape index (κ3) is 3.76. The van der Waals surface area contributed by atoms with Gasteiger partial charge in [0.05, 0.1) is 17.4 Å². The molecule has 0 fully saturated rings. The standard InChI is InChI=1S/C12H9BrClF3N4/c1-18-11-19-5-8(14)10(21-11)20-9-4-6(12(15,16)17)2-3-7(9)13/h2-5H,1H3,(H2,18,19,20,21). The van der Waals surface area contributed by atoms with Gasteiger partial charge < -0.3 is 10.6 Å². The van der Waals surface area contributed by atoms with Crippen molar-refractivity contribution in [3.05, 3.63) is 39.5 Å². The molecule has 9 heteroatoms. The van der Waals surface area contributed by atoms with E-state index in [9.17, 15) is 13.2 Å². The van der Waals surface area contributed by atoms with E-state index in [-0.39, 0.29) is 16.5 Å². The number of benzene rings is 1. The summed E-state index contributed by atoms with van der Waals surface area (Å²) in [5.41, 5.74) is -0.570. The first kappa shape index (κ1) is 15.8.